The van der Waals surface area contributed by atoms with Gasteiger partial charge in [-0.25, -0.2) is 9.78 Å². The molecule has 94 valence electrons. The Labute approximate surface area is 103 Å². The van der Waals surface area contributed by atoms with Gasteiger partial charge in [0, 0.05) is 13.0 Å². The first-order chi connectivity index (χ1) is 8.59. The van der Waals surface area contributed by atoms with Crippen LogP contribution in [0.2, 0.25) is 0 Å². The molecule has 0 aliphatic rings. The molecule has 0 fully saturated rings. The third kappa shape index (κ3) is 2.32. The number of carboxylic acid groups (broad SMARTS) is 1. The number of para-hydroxylation sites is 1. The Balaban J connectivity index is 2.33. The topological polar surface area (TPSA) is 98.2 Å². The lowest BCUT2D eigenvalue weighted by Gasteiger charge is -2.05. The molecule has 0 bridgehead atoms. The summed E-state index contributed by atoms with van der Waals surface area (Å²) in [5.74, 6) is -1.35. The molecule has 1 amide bonds. The number of carbonyl (C=O) groups is 2. The average molecular weight is 247 g/mol. The number of rotatable bonds is 5. The first kappa shape index (κ1) is 12.1. The van der Waals surface area contributed by atoms with E-state index in [1.807, 2.05) is 0 Å². The van der Waals surface area contributed by atoms with E-state index in [0.717, 1.165) is 0 Å². The van der Waals surface area contributed by atoms with E-state index in [4.69, 9.17) is 10.8 Å². The highest BCUT2D eigenvalue weighted by molar-refractivity contribution is 6.01. The largest absolute Gasteiger partial charge is 0.478 e. The number of carbonyl (C=O) groups excluding carboxylic acids is 1. The molecule has 1 heterocycles. The summed E-state index contributed by atoms with van der Waals surface area (Å²) in [6.07, 6.45) is 2.42. The van der Waals surface area contributed by atoms with Gasteiger partial charge in [-0.15, -0.1) is 0 Å². The maximum absolute atomic E-state index is 11.1. The van der Waals surface area contributed by atoms with Crippen molar-refractivity contribution in [3.05, 3.63) is 30.1 Å². The maximum atomic E-state index is 11.1. The molecular weight excluding hydrogens is 234 g/mol. The van der Waals surface area contributed by atoms with Crippen LogP contribution in [-0.2, 0) is 11.3 Å². The number of aromatic nitrogens is 2. The predicted molar refractivity (Wildman–Crippen MR) is 65.1 cm³/mol. The van der Waals surface area contributed by atoms with Crippen molar-refractivity contribution < 1.29 is 14.7 Å². The number of aryl methyl sites for hydroxylation is 1. The molecule has 6 nitrogen and oxygen atoms in total. The molecule has 0 saturated carbocycles. The first-order valence-electron chi connectivity index (χ1n) is 5.55. The van der Waals surface area contributed by atoms with Gasteiger partial charge in [0.15, 0.2) is 0 Å². The zero-order valence-electron chi connectivity index (χ0n) is 9.67. The van der Waals surface area contributed by atoms with Crippen LogP contribution >= 0.6 is 0 Å². The van der Waals surface area contributed by atoms with Gasteiger partial charge in [-0.1, -0.05) is 6.07 Å². The minimum absolute atomic E-state index is 0.212. The van der Waals surface area contributed by atoms with Crippen LogP contribution in [0.3, 0.4) is 0 Å². The van der Waals surface area contributed by atoms with E-state index in [9.17, 15) is 9.59 Å². The van der Waals surface area contributed by atoms with Crippen LogP contribution in [0.1, 0.15) is 23.2 Å². The van der Waals surface area contributed by atoms with E-state index < -0.39 is 5.97 Å². The third-order valence-electron chi connectivity index (χ3n) is 2.69. The van der Waals surface area contributed by atoms with Crippen LogP contribution in [0.4, 0.5) is 0 Å². The second kappa shape index (κ2) is 4.87. The van der Waals surface area contributed by atoms with Gasteiger partial charge in [-0.3, -0.25) is 4.79 Å². The third-order valence-corrected chi connectivity index (χ3v) is 2.69. The number of nitrogens with zero attached hydrogens (tertiary/aromatic N) is 2. The number of carboxylic acids is 1. The summed E-state index contributed by atoms with van der Waals surface area (Å²) in [6, 6.07) is 4.95. The van der Waals surface area contributed by atoms with Crippen LogP contribution in [0, 0.1) is 0 Å². The van der Waals surface area contributed by atoms with E-state index in [2.05, 4.69) is 4.98 Å². The summed E-state index contributed by atoms with van der Waals surface area (Å²) in [7, 11) is 0. The molecule has 1 aromatic heterocycles. The Bertz CT molecular complexity index is 604. The van der Waals surface area contributed by atoms with Gasteiger partial charge in [0.25, 0.3) is 0 Å². The summed E-state index contributed by atoms with van der Waals surface area (Å²) in [5.41, 5.74) is 6.49. The monoisotopic (exact) mass is 247 g/mol. The SMILES string of the molecule is NC(=O)CCCn1cnc2cccc(C(=O)O)c21. The summed E-state index contributed by atoms with van der Waals surface area (Å²) in [4.78, 5) is 25.9. The predicted octanol–water partition coefficient (Wildman–Crippen LogP) is 1.000. The van der Waals surface area contributed by atoms with Crippen molar-refractivity contribution in [2.75, 3.05) is 0 Å². The molecular formula is C12H13N3O3. The number of amides is 1. The van der Waals surface area contributed by atoms with Gasteiger partial charge in [0.05, 0.1) is 22.9 Å². The van der Waals surface area contributed by atoms with E-state index in [1.54, 1.807) is 23.0 Å². The second-order valence-electron chi connectivity index (χ2n) is 3.99. The summed E-state index contributed by atoms with van der Waals surface area (Å²) >= 11 is 0. The van der Waals surface area contributed by atoms with Crippen molar-refractivity contribution in [2.45, 2.75) is 19.4 Å². The number of hydrogen-bond donors (Lipinski definition) is 2. The highest BCUT2D eigenvalue weighted by Gasteiger charge is 2.12. The lowest BCUT2D eigenvalue weighted by atomic mass is 10.2. The molecule has 0 unspecified atom stereocenters. The Morgan fingerprint density at radius 2 is 2.17 bits per heavy atom. The molecule has 0 spiro atoms. The molecule has 0 atom stereocenters. The molecule has 18 heavy (non-hydrogen) atoms. The van der Waals surface area contributed by atoms with Crippen molar-refractivity contribution in [3.63, 3.8) is 0 Å². The molecule has 0 radical (unpaired) electrons. The van der Waals surface area contributed by atoms with Gasteiger partial charge in [-0.2, -0.15) is 0 Å². The lowest BCUT2D eigenvalue weighted by molar-refractivity contribution is -0.118. The van der Waals surface area contributed by atoms with Crippen molar-refractivity contribution in [1.82, 2.24) is 9.55 Å². The zero-order valence-corrected chi connectivity index (χ0v) is 9.67. The van der Waals surface area contributed by atoms with Gasteiger partial charge < -0.3 is 15.4 Å². The van der Waals surface area contributed by atoms with Crippen molar-refractivity contribution in [3.8, 4) is 0 Å². The number of benzene rings is 1. The molecule has 0 aliphatic carbocycles. The summed E-state index contributed by atoms with van der Waals surface area (Å²) < 4.78 is 1.74. The van der Waals surface area contributed by atoms with Crippen molar-refractivity contribution in [2.24, 2.45) is 5.73 Å². The summed E-state index contributed by atoms with van der Waals surface area (Å²) in [5, 5.41) is 9.12. The molecule has 2 aromatic rings. The molecule has 3 N–H and O–H groups in total. The minimum atomic E-state index is -0.989. The Morgan fingerprint density at radius 1 is 1.39 bits per heavy atom. The number of hydrogen-bond acceptors (Lipinski definition) is 3. The van der Waals surface area contributed by atoms with Gasteiger partial charge in [-0.05, 0) is 18.6 Å². The van der Waals surface area contributed by atoms with E-state index in [-0.39, 0.29) is 17.9 Å². The standard InChI is InChI=1S/C12H13N3O3/c13-10(16)5-2-6-15-7-14-9-4-1-3-8(11(9)15)12(17)18/h1,3-4,7H,2,5-6H2,(H2,13,16)(H,17,18). The maximum Gasteiger partial charge on any atom is 0.337 e. The van der Waals surface area contributed by atoms with Gasteiger partial charge in [0.2, 0.25) is 5.91 Å². The van der Waals surface area contributed by atoms with Crippen LogP contribution in [-0.4, -0.2) is 26.5 Å². The lowest BCUT2D eigenvalue weighted by Crippen LogP contribution is -2.11. The number of fused-ring (bicyclic) bond motifs is 1. The van der Waals surface area contributed by atoms with Gasteiger partial charge in [0.1, 0.15) is 0 Å². The molecule has 0 aliphatic heterocycles. The van der Waals surface area contributed by atoms with Crippen molar-refractivity contribution in [1.29, 1.82) is 0 Å². The Morgan fingerprint density at radius 3 is 2.83 bits per heavy atom. The fourth-order valence-corrected chi connectivity index (χ4v) is 1.89. The fraction of sp³-hybridized carbons (Fsp3) is 0.250. The second-order valence-corrected chi connectivity index (χ2v) is 3.99. The molecule has 0 saturated heterocycles. The number of nitrogens with two attached hydrogens (primary N) is 1. The molecule has 2 rings (SSSR count). The highest BCUT2D eigenvalue weighted by atomic mass is 16.4. The smallest absolute Gasteiger partial charge is 0.337 e. The number of aromatic carboxylic acids is 1. The van der Waals surface area contributed by atoms with Crippen LogP contribution in [0.15, 0.2) is 24.5 Å². The quantitative estimate of drug-likeness (QED) is 0.823. The van der Waals surface area contributed by atoms with Crippen LogP contribution < -0.4 is 5.73 Å². The van der Waals surface area contributed by atoms with Gasteiger partial charge >= 0.3 is 5.97 Å². The Kier molecular flexibility index (Phi) is 3.27. The van der Waals surface area contributed by atoms with Crippen LogP contribution in [0.25, 0.3) is 11.0 Å². The number of imidazole rings is 1. The Hall–Kier alpha value is -2.37. The van der Waals surface area contributed by atoms with Crippen LogP contribution in [0.5, 0.6) is 0 Å². The van der Waals surface area contributed by atoms with E-state index in [1.165, 1.54) is 6.07 Å². The fourth-order valence-electron chi connectivity index (χ4n) is 1.89. The minimum Gasteiger partial charge on any atom is -0.478 e. The van der Waals surface area contributed by atoms with Crippen molar-refractivity contribution >= 4 is 22.9 Å². The number of primary amides is 1. The highest BCUT2D eigenvalue weighted by Crippen LogP contribution is 2.18. The molecule has 6 heteroatoms. The first-order valence-corrected chi connectivity index (χ1v) is 5.55. The normalized spacial score (nSPS) is 10.7. The average Bonchev–Trinajstić information content (AvgIpc) is 2.72. The summed E-state index contributed by atoms with van der Waals surface area (Å²) in [6.45, 7) is 0.518. The van der Waals surface area contributed by atoms with E-state index >= 15 is 0 Å². The zero-order chi connectivity index (χ0) is 13.1. The molecule has 1 aromatic carbocycles. The van der Waals surface area contributed by atoms with E-state index in [0.29, 0.717) is 24.0 Å².